The van der Waals surface area contributed by atoms with Gasteiger partial charge in [-0.15, -0.1) is 24.8 Å². The first kappa shape index (κ1) is 33.7. The summed E-state index contributed by atoms with van der Waals surface area (Å²) < 4.78 is 13.8. The molecule has 3 aromatic heterocycles. The third-order valence-corrected chi connectivity index (χ3v) is 7.72. The smallest absolute Gasteiger partial charge is 0.329 e. The van der Waals surface area contributed by atoms with E-state index in [0.717, 1.165) is 55.8 Å². The number of halogens is 4. The highest BCUT2D eigenvalue weighted by molar-refractivity contribution is 6.35. The molecular weight excluding hydrogens is 652 g/mol. The highest BCUT2D eigenvalue weighted by Gasteiger charge is 2.22. The molecular formula is C29H31Cl4N7O4. The number of rotatable bonds is 9. The zero-order valence-corrected chi connectivity index (χ0v) is 26.7. The van der Waals surface area contributed by atoms with Crippen molar-refractivity contribution in [2.24, 2.45) is 0 Å². The highest BCUT2D eigenvalue weighted by Crippen LogP contribution is 2.31. The molecule has 44 heavy (non-hydrogen) atoms. The van der Waals surface area contributed by atoms with Crippen molar-refractivity contribution < 1.29 is 19.4 Å². The van der Waals surface area contributed by atoms with Gasteiger partial charge in [0.1, 0.15) is 6.61 Å². The van der Waals surface area contributed by atoms with Crippen molar-refractivity contribution in [3.8, 4) is 22.9 Å². The maximum atomic E-state index is 10.8. The minimum atomic E-state index is -0.949. The van der Waals surface area contributed by atoms with E-state index in [2.05, 4.69) is 29.3 Å². The number of nitrogens with zero attached hydrogens (tertiary/aromatic N) is 7. The lowest BCUT2D eigenvalue weighted by molar-refractivity contribution is -0.145. The number of fused-ring (bicyclic) bond motifs is 1. The summed E-state index contributed by atoms with van der Waals surface area (Å²) in [5.41, 5.74) is 3.57. The van der Waals surface area contributed by atoms with Crippen molar-refractivity contribution in [2.45, 2.75) is 38.6 Å². The maximum absolute atomic E-state index is 10.8. The predicted molar refractivity (Wildman–Crippen MR) is 171 cm³/mol. The lowest BCUT2D eigenvalue weighted by Gasteiger charge is -2.31. The molecule has 0 amide bonds. The summed E-state index contributed by atoms with van der Waals surface area (Å²) in [4.78, 5) is 33.3. The van der Waals surface area contributed by atoms with E-state index in [1.54, 1.807) is 18.5 Å². The molecule has 6 rings (SSSR count). The summed E-state index contributed by atoms with van der Waals surface area (Å²) in [6.45, 7) is 4.28. The monoisotopic (exact) mass is 681 g/mol. The Hall–Kier alpha value is -3.19. The number of aromatic nitrogens is 5. The molecule has 11 nitrogen and oxygen atoms in total. The van der Waals surface area contributed by atoms with Gasteiger partial charge in [0.25, 0.3) is 0 Å². The van der Waals surface area contributed by atoms with E-state index in [4.69, 9.17) is 42.8 Å². The molecule has 0 spiro atoms. The molecule has 234 valence electrons. The van der Waals surface area contributed by atoms with Gasteiger partial charge in [-0.2, -0.15) is 0 Å². The zero-order valence-electron chi connectivity index (χ0n) is 23.5. The first-order valence-corrected chi connectivity index (χ1v) is 14.4. The van der Waals surface area contributed by atoms with Crippen LogP contribution in [0.3, 0.4) is 0 Å². The molecule has 2 aliphatic heterocycles. The Morgan fingerprint density at radius 3 is 2.39 bits per heavy atom. The van der Waals surface area contributed by atoms with Crippen molar-refractivity contribution in [1.29, 1.82) is 0 Å². The van der Waals surface area contributed by atoms with E-state index in [1.807, 2.05) is 36.8 Å². The van der Waals surface area contributed by atoms with Gasteiger partial charge in [0, 0.05) is 60.6 Å². The van der Waals surface area contributed by atoms with Gasteiger partial charge < -0.3 is 24.0 Å². The van der Waals surface area contributed by atoms with Crippen molar-refractivity contribution in [1.82, 2.24) is 29.4 Å². The Labute approximate surface area is 277 Å². The molecule has 4 aromatic rings. The van der Waals surface area contributed by atoms with E-state index in [-0.39, 0.29) is 37.5 Å². The number of hydrogen-bond acceptors (Lipinski definition) is 9. The Bertz CT molecular complexity index is 1550. The number of likely N-dealkylation sites (tertiary alicyclic amines) is 1. The minimum absolute atomic E-state index is 0. The number of carboxylic acid groups (broad SMARTS) is 1. The van der Waals surface area contributed by atoms with Gasteiger partial charge in [-0.1, -0.05) is 23.2 Å². The third kappa shape index (κ3) is 8.50. The van der Waals surface area contributed by atoms with Crippen molar-refractivity contribution >= 4 is 59.9 Å². The van der Waals surface area contributed by atoms with E-state index < -0.39 is 5.97 Å². The maximum Gasteiger partial charge on any atom is 0.329 e. The molecule has 1 N–H and O–H groups in total. The lowest BCUT2D eigenvalue weighted by Crippen LogP contribution is -2.37. The second kappa shape index (κ2) is 15.2. The number of imidazole rings is 1. The highest BCUT2D eigenvalue weighted by atomic mass is 35.5. The Kier molecular flexibility index (Phi) is 11.6. The number of piperidine rings is 1. The third-order valence-electron chi connectivity index (χ3n) is 7.29. The van der Waals surface area contributed by atoms with Crippen LogP contribution in [0.5, 0.6) is 11.6 Å². The molecule has 0 atom stereocenters. The zero-order chi connectivity index (χ0) is 29.1. The Morgan fingerprint density at radius 1 is 0.955 bits per heavy atom. The van der Waals surface area contributed by atoms with Gasteiger partial charge in [0.15, 0.2) is 5.75 Å². The van der Waals surface area contributed by atoms with E-state index in [9.17, 15) is 4.79 Å². The fourth-order valence-corrected chi connectivity index (χ4v) is 5.76. The number of carbonyl (C=O) groups is 1. The van der Waals surface area contributed by atoms with Gasteiger partial charge in [-0.05, 0) is 42.7 Å². The van der Waals surface area contributed by atoms with Crippen LogP contribution in [-0.2, 0) is 29.2 Å². The molecule has 2 aliphatic rings. The minimum Gasteiger partial charge on any atom is -0.480 e. The van der Waals surface area contributed by atoms with Crippen molar-refractivity contribution in [3.05, 3.63) is 76.6 Å². The molecule has 0 unspecified atom stereocenters. The van der Waals surface area contributed by atoms with E-state index in [1.165, 1.54) is 0 Å². The second-order valence-electron chi connectivity index (χ2n) is 10.4. The molecule has 5 heterocycles. The van der Waals surface area contributed by atoms with E-state index >= 15 is 0 Å². The van der Waals surface area contributed by atoms with Gasteiger partial charge in [-0.3, -0.25) is 4.90 Å². The summed E-state index contributed by atoms with van der Waals surface area (Å²) in [6.07, 6.45) is 8.50. The molecule has 1 fully saturated rings. The lowest BCUT2D eigenvalue weighted by atomic mass is 10.1. The van der Waals surface area contributed by atoms with Gasteiger partial charge in [0.05, 0.1) is 42.8 Å². The van der Waals surface area contributed by atoms with Gasteiger partial charge in [0.2, 0.25) is 11.8 Å². The topological polar surface area (TPSA) is 119 Å². The molecule has 0 saturated carbocycles. The number of hydrogen-bond donors (Lipinski definition) is 1. The largest absolute Gasteiger partial charge is 0.480 e. The number of aliphatic carboxylic acids is 1. The standard InChI is InChI=1S/C29H29Cl2N7O4.2ClH/c30-21-9-20(10-22(31)11-21)26-7-19(15-36-3-1-24(2-4-36)41-17-28(39)40)8-27(35-26)42-25-13-33-29(34-14-25)37-5-6-38-18-32-12-23(38)16-37;;/h7-14,18,24H,1-6,15-17H2,(H,39,40);2*1H. The Morgan fingerprint density at radius 2 is 1.68 bits per heavy atom. The molecule has 0 bridgehead atoms. The van der Waals surface area contributed by atoms with Crippen molar-refractivity contribution in [3.63, 3.8) is 0 Å². The van der Waals surface area contributed by atoms with Crippen LogP contribution in [-0.4, -0.2) is 72.8 Å². The molecule has 1 aromatic carbocycles. The quantitative estimate of drug-likeness (QED) is 0.233. The van der Waals surface area contributed by atoms with Gasteiger partial charge >= 0.3 is 5.97 Å². The van der Waals surface area contributed by atoms with Gasteiger partial charge in [-0.25, -0.2) is 24.7 Å². The SMILES string of the molecule is Cl.Cl.O=C(O)COC1CCN(Cc2cc(Oc3cnc(N4CCn5cncc5C4)nc3)nc(-c3cc(Cl)cc(Cl)c3)c2)CC1. The van der Waals surface area contributed by atoms with Crippen LogP contribution in [0.1, 0.15) is 24.1 Å². The number of benzene rings is 1. The average molecular weight is 683 g/mol. The first-order chi connectivity index (χ1) is 20.4. The van der Waals surface area contributed by atoms with Crippen LogP contribution < -0.4 is 9.64 Å². The number of ether oxygens (including phenoxy) is 2. The van der Waals surface area contributed by atoms with Crippen LogP contribution in [0.4, 0.5) is 5.95 Å². The summed E-state index contributed by atoms with van der Waals surface area (Å²) in [7, 11) is 0. The first-order valence-electron chi connectivity index (χ1n) is 13.6. The van der Waals surface area contributed by atoms with E-state index in [0.29, 0.717) is 46.4 Å². The molecule has 0 aliphatic carbocycles. The summed E-state index contributed by atoms with van der Waals surface area (Å²) in [6, 6.07) is 9.22. The fourth-order valence-electron chi connectivity index (χ4n) is 5.23. The number of anilines is 1. The molecule has 0 radical (unpaired) electrons. The number of carboxylic acids is 1. The van der Waals surface area contributed by atoms with Crippen LogP contribution in [0, 0.1) is 0 Å². The van der Waals surface area contributed by atoms with Crippen molar-refractivity contribution in [2.75, 3.05) is 31.1 Å². The summed E-state index contributed by atoms with van der Waals surface area (Å²) in [5, 5.41) is 9.92. The molecule has 15 heteroatoms. The number of pyridine rings is 1. The van der Waals surface area contributed by atoms with Crippen LogP contribution in [0.15, 0.2) is 55.2 Å². The van der Waals surface area contributed by atoms with Crippen LogP contribution in [0.2, 0.25) is 10.0 Å². The second-order valence-corrected chi connectivity index (χ2v) is 11.2. The summed E-state index contributed by atoms with van der Waals surface area (Å²) in [5.74, 6) is 0.546. The normalized spacial score (nSPS) is 15.2. The summed E-state index contributed by atoms with van der Waals surface area (Å²) >= 11 is 12.6. The Balaban J connectivity index is 0.00000221. The van der Waals surface area contributed by atoms with Crippen LogP contribution in [0.25, 0.3) is 11.3 Å². The van der Waals surface area contributed by atoms with Crippen LogP contribution >= 0.6 is 48.0 Å². The molecule has 1 saturated heterocycles. The average Bonchev–Trinajstić information content (AvgIpc) is 3.45. The fraction of sp³-hybridized carbons (Fsp3) is 0.345. The predicted octanol–water partition coefficient (Wildman–Crippen LogP) is 5.76.